The molecule has 0 aliphatic rings. The van der Waals surface area contributed by atoms with Gasteiger partial charge in [-0.25, -0.2) is 4.79 Å². The lowest BCUT2D eigenvalue weighted by Crippen LogP contribution is -2.29. The number of nitrogens with one attached hydrogen (secondary N) is 1. The highest BCUT2D eigenvalue weighted by Crippen LogP contribution is 2.11. The number of carbonyl (C=O) groups excluding carboxylic acids is 1. The lowest BCUT2D eigenvalue weighted by Gasteiger charge is -2.15. The molecule has 4 nitrogen and oxygen atoms in total. The Bertz CT molecular complexity index is 392. The van der Waals surface area contributed by atoms with Gasteiger partial charge in [0.2, 0.25) is 0 Å². The second-order valence-corrected chi connectivity index (χ2v) is 3.32. The number of esters is 1. The highest BCUT2D eigenvalue weighted by molar-refractivity contribution is 5.79. The second-order valence-electron chi connectivity index (χ2n) is 3.32. The summed E-state index contributed by atoms with van der Waals surface area (Å²) in [5, 5.41) is 11.7. The minimum Gasteiger partial charge on any atom is -0.467 e. The van der Waals surface area contributed by atoms with Gasteiger partial charge in [-0.15, -0.1) is 0 Å². The molecule has 0 heterocycles. The van der Waals surface area contributed by atoms with Crippen LogP contribution in [0.4, 0.5) is 5.69 Å². The average Bonchev–Trinajstić information content (AvgIpc) is 2.35. The third-order valence-corrected chi connectivity index (χ3v) is 2.25. The standard InChI is InChI=1S/C12H14N2O2/c1-3-11(12(15)16-2)14-10-6-4-9(8-13)5-7-10/h4-7,11,14H,3H2,1-2H3. The molecule has 4 heteroatoms. The summed E-state index contributed by atoms with van der Waals surface area (Å²) in [6, 6.07) is 8.62. The fourth-order valence-corrected chi connectivity index (χ4v) is 1.31. The van der Waals surface area contributed by atoms with Crippen LogP contribution >= 0.6 is 0 Å². The van der Waals surface area contributed by atoms with Gasteiger partial charge in [-0.2, -0.15) is 5.26 Å². The van der Waals surface area contributed by atoms with E-state index in [-0.39, 0.29) is 12.0 Å². The van der Waals surface area contributed by atoms with Crippen LogP contribution in [0.25, 0.3) is 0 Å². The van der Waals surface area contributed by atoms with E-state index in [2.05, 4.69) is 10.1 Å². The highest BCUT2D eigenvalue weighted by Gasteiger charge is 2.15. The van der Waals surface area contributed by atoms with Gasteiger partial charge in [-0.3, -0.25) is 0 Å². The molecule has 16 heavy (non-hydrogen) atoms. The summed E-state index contributed by atoms with van der Waals surface area (Å²) in [5.41, 5.74) is 1.40. The fraction of sp³-hybridized carbons (Fsp3) is 0.333. The van der Waals surface area contributed by atoms with Crippen molar-refractivity contribution in [2.24, 2.45) is 0 Å². The predicted octanol–water partition coefficient (Wildman–Crippen LogP) is 1.92. The van der Waals surface area contributed by atoms with E-state index in [4.69, 9.17) is 5.26 Å². The van der Waals surface area contributed by atoms with Crippen molar-refractivity contribution < 1.29 is 9.53 Å². The Labute approximate surface area is 94.8 Å². The van der Waals surface area contributed by atoms with Crippen molar-refractivity contribution >= 4 is 11.7 Å². The van der Waals surface area contributed by atoms with Gasteiger partial charge in [0.1, 0.15) is 6.04 Å². The van der Waals surface area contributed by atoms with Crippen molar-refractivity contribution in [1.82, 2.24) is 0 Å². The number of methoxy groups -OCH3 is 1. The van der Waals surface area contributed by atoms with Gasteiger partial charge in [-0.05, 0) is 30.7 Å². The van der Waals surface area contributed by atoms with E-state index in [1.54, 1.807) is 24.3 Å². The van der Waals surface area contributed by atoms with Crippen molar-refractivity contribution in [3.05, 3.63) is 29.8 Å². The molecule has 1 atom stereocenters. The Kier molecular flexibility index (Phi) is 4.34. The monoisotopic (exact) mass is 218 g/mol. The topological polar surface area (TPSA) is 62.1 Å². The largest absolute Gasteiger partial charge is 0.467 e. The van der Waals surface area contributed by atoms with E-state index in [0.29, 0.717) is 12.0 Å². The summed E-state index contributed by atoms with van der Waals surface area (Å²) in [6.45, 7) is 1.90. The van der Waals surface area contributed by atoms with Crippen LogP contribution < -0.4 is 5.32 Å². The molecule has 0 radical (unpaired) electrons. The Morgan fingerprint density at radius 1 is 1.50 bits per heavy atom. The minimum atomic E-state index is -0.349. The van der Waals surface area contributed by atoms with Gasteiger partial charge in [-0.1, -0.05) is 6.92 Å². The zero-order valence-electron chi connectivity index (χ0n) is 9.36. The summed E-state index contributed by atoms with van der Waals surface area (Å²) in [6.07, 6.45) is 0.646. The minimum absolute atomic E-state index is 0.285. The van der Waals surface area contributed by atoms with Crippen LogP contribution in [0, 0.1) is 11.3 Å². The zero-order valence-corrected chi connectivity index (χ0v) is 9.36. The molecule has 0 spiro atoms. The second kappa shape index (κ2) is 5.76. The number of benzene rings is 1. The fourth-order valence-electron chi connectivity index (χ4n) is 1.31. The molecule has 1 N–H and O–H groups in total. The van der Waals surface area contributed by atoms with Gasteiger partial charge >= 0.3 is 5.97 Å². The molecule has 0 saturated heterocycles. The lowest BCUT2D eigenvalue weighted by atomic mass is 10.2. The number of hydrogen-bond acceptors (Lipinski definition) is 4. The molecule has 84 valence electrons. The number of carbonyl (C=O) groups is 1. The highest BCUT2D eigenvalue weighted by atomic mass is 16.5. The third kappa shape index (κ3) is 2.99. The van der Waals surface area contributed by atoms with Gasteiger partial charge in [0.05, 0.1) is 18.7 Å². The summed E-state index contributed by atoms with van der Waals surface area (Å²) < 4.78 is 4.67. The van der Waals surface area contributed by atoms with Crippen LogP contribution in [0.5, 0.6) is 0 Å². The molecule has 1 unspecified atom stereocenters. The molecule has 0 aromatic heterocycles. The molecule has 1 aromatic rings. The number of hydrogen-bond donors (Lipinski definition) is 1. The average molecular weight is 218 g/mol. The first kappa shape index (κ1) is 12.1. The molecular weight excluding hydrogens is 204 g/mol. The van der Waals surface area contributed by atoms with Gasteiger partial charge in [0.25, 0.3) is 0 Å². The SMILES string of the molecule is CCC(Nc1ccc(C#N)cc1)C(=O)OC. The quantitative estimate of drug-likeness (QED) is 0.784. The molecule has 0 aliphatic carbocycles. The van der Waals surface area contributed by atoms with Crippen LogP contribution in [0.3, 0.4) is 0 Å². The van der Waals surface area contributed by atoms with Gasteiger partial charge in [0.15, 0.2) is 0 Å². The van der Waals surface area contributed by atoms with Crippen LogP contribution in [0.1, 0.15) is 18.9 Å². The Morgan fingerprint density at radius 3 is 2.56 bits per heavy atom. The smallest absolute Gasteiger partial charge is 0.328 e. The molecule has 0 aliphatic heterocycles. The van der Waals surface area contributed by atoms with Crippen molar-refractivity contribution in [3.63, 3.8) is 0 Å². The first-order valence-corrected chi connectivity index (χ1v) is 5.05. The maximum atomic E-state index is 11.3. The van der Waals surface area contributed by atoms with E-state index >= 15 is 0 Å². The normalized spacial score (nSPS) is 11.3. The zero-order chi connectivity index (χ0) is 12.0. The Balaban J connectivity index is 2.71. The van der Waals surface area contributed by atoms with Crippen LogP contribution in [0.15, 0.2) is 24.3 Å². The van der Waals surface area contributed by atoms with E-state index in [9.17, 15) is 4.79 Å². The first-order valence-electron chi connectivity index (χ1n) is 5.05. The Morgan fingerprint density at radius 2 is 2.12 bits per heavy atom. The maximum absolute atomic E-state index is 11.3. The summed E-state index contributed by atoms with van der Waals surface area (Å²) in [4.78, 5) is 11.3. The number of rotatable bonds is 4. The van der Waals surface area contributed by atoms with E-state index in [1.807, 2.05) is 13.0 Å². The molecule has 1 aromatic carbocycles. The molecule has 0 amide bonds. The van der Waals surface area contributed by atoms with Crippen molar-refractivity contribution in [2.75, 3.05) is 12.4 Å². The van der Waals surface area contributed by atoms with E-state index < -0.39 is 0 Å². The number of anilines is 1. The van der Waals surface area contributed by atoms with Crippen molar-refractivity contribution in [1.29, 1.82) is 5.26 Å². The summed E-state index contributed by atoms with van der Waals surface area (Å²) >= 11 is 0. The molecule has 1 rings (SSSR count). The lowest BCUT2D eigenvalue weighted by molar-refractivity contribution is -0.141. The number of nitrogens with zero attached hydrogens (tertiary/aromatic N) is 1. The van der Waals surface area contributed by atoms with Crippen LogP contribution in [-0.4, -0.2) is 19.1 Å². The van der Waals surface area contributed by atoms with Gasteiger partial charge < -0.3 is 10.1 Å². The predicted molar refractivity (Wildman–Crippen MR) is 60.9 cm³/mol. The maximum Gasteiger partial charge on any atom is 0.328 e. The summed E-state index contributed by atoms with van der Waals surface area (Å²) in [5.74, 6) is -0.285. The summed E-state index contributed by atoms with van der Waals surface area (Å²) in [7, 11) is 1.37. The van der Waals surface area contributed by atoms with E-state index in [0.717, 1.165) is 5.69 Å². The van der Waals surface area contributed by atoms with Crippen LogP contribution in [-0.2, 0) is 9.53 Å². The van der Waals surface area contributed by atoms with Gasteiger partial charge in [0, 0.05) is 5.69 Å². The molecule has 0 saturated carbocycles. The number of nitriles is 1. The van der Waals surface area contributed by atoms with Crippen molar-refractivity contribution in [2.45, 2.75) is 19.4 Å². The third-order valence-electron chi connectivity index (χ3n) is 2.25. The molecule has 0 bridgehead atoms. The van der Waals surface area contributed by atoms with Crippen LogP contribution in [0.2, 0.25) is 0 Å². The number of ether oxygens (including phenoxy) is 1. The van der Waals surface area contributed by atoms with Crippen molar-refractivity contribution in [3.8, 4) is 6.07 Å². The molecular formula is C12H14N2O2. The molecule has 0 fully saturated rings. The van der Waals surface area contributed by atoms with E-state index in [1.165, 1.54) is 7.11 Å². The Hall–Kier alpha value is -2.02. The first-order chi connectivity index (χ1) is 7.71.